The minimum Gasteiger partial charge on any atom is -0.299 e. The summed E-state index contributed by atoms with van der Waals surface area (Å²) in [6, 6.07) is 12.9. The van der Waals surface area contributed by atoms with Crippen LogP contribution in [0, 0.1) is 17.2 Å². The number of hydrogen-bond acceptors (Lipinski definition) is 2. The second-order valence-corrected chi connectivity index (χ2v) is 4.59. The van der Waals surface area contributed by atoms with Crippen molar-refractivity contribution in [1.82, 2.24) is 4.90 Å². The van der Waals surface area contributed by atoms with Crippen molar-refractivity contribution in [1.29, 1.82) is 5.26 Å². The van der Waals surface area contributed by atoms with Crippen LogP contribution in [0.2, 0.25) is 0 Å². The number of nitrogens with zero attached hydrogens (tertiary/aromatic N) is 2. The molecule has 0 bridgehead atoms. The molecule has 1 aromatic carbocycles. The van der Waals surface area contributed by atoms with Crippen molar-refractivity contribution in [3.8, 4) is 6.07 Å². The molecule has 0 spiro atoms. The fraction of sp³-hybridized carbons (Fsp3) is 0.500. The van der Waals surface area contributed by atoms with E-state index in [1.165, 1.54) is 24.9 Å². The molecule has 1 atom stereocenters. The maximum absolute atomic E-state index is 8.73. The first kappa shape index (κ1) is 11.2. The van der Waals surface area contributed by atoms with Crippen LogP contribution in [-0.2, 0) is 6.54 Å². The minimum atomic E-state index is 0.586. The monoisotopic (exact) mass is 214 g/mol. The highest BCUT2D eigenvalue weighted by Gasteiger charge is 2.19. The van der Waals surface area contributed by atoms with Crippen molar-refractivity contribution in [2.75, 3.05) is 13.1 Å². The van der Waals surface area contributed by atoms with Gasteiger partial charge in [0.05, 0.1) is 6.07 Å². The van der Waals surface area contributed by atoms with Crippen LogP contribution in [0.4, 0.5) is 0 Å². The predicted molar refractivity (Wildman–Crippen MR) is 64.7 cm³/mol. The number of likely N-dealkylation sites (tertiary alicyclic amines) is 1. The van der Waals surface area contributed by atoms with Gasteiger partial charge in [0.1, 0.15) is 0 Å². The van der Waals surface area contributed by atoms with Gasteiger partial charge in [0.2, 0.25) is 0 Å². The average molecular weight is 214 g/mol. The molecule has 0 saturated carbocycles. The standard InChI is InChI=1S/C14H18N2/c15-9-8-14-7-4-10-16(12-14)11-13-5-2-1-3-6-13/h1-3,5-6,14H,4,7-8,10-12H2/t14-/m0/s1. The van der Waals surface area contributed by atoms with E-state index in [4.69, 9.17) is 5.26 Å². The van der Waals surface area contributed by atoms with E-state index < -0.39 is 0 Å². The van der Waals surface area contributed by atoms with E-state index >= 15 is 0 Å². The Kier molecular flexibility index (Phi) is 3.96. The quantitative estimate of drug-likeness (QED) is 0.773. The normalized spacial score (nSPS) is 21.6. The Morgan fingerprint density at radius 3 is 2.88 bits per heavy atom. The van der Waals surface area contributed by atoms with Crippen molar-refractivity contribution in [3.63, 3.8) is 0 Å². The molecule has 0 radical (unpaired) electrons. The molecule has 16 heavy (non-hydrogen) atoms. The number of nitriles is 1. The average Bonchev–Trinajstić information content (AvgIpc) is 2.31. The second kappa shape index (κ2) is 5.67. The highest BCUT2D eigenvalue weighted by atomic mass is 15.1. The molecule has 2 heteroatoms. The molecule has 2 nitrogen and oxygen atoms in total. The summed E-state index contributed by atoms with van der Waals surface area (Å²) in [5.74, 6) is 0.586. The molecule has 1 aliphatic rings. The summed E-state index contributed by atoms with van der Waals surface area (Å²) < 4.78 is 0. The number of rotatable bonds is 3. The van der Waals surface area contributed by atoms with Crippen molar-refractivity contribution in [2.45, 2.75) is 25.8 Å². The molecule has 0 aromatic heterocycles. The van der Waals surface area contributed by atoms with Gasteiger partial charge in [-0.25, -0.2) is 0 Å². The van der Waals surface area contributed by atoms with E-state index in [1.807, 2.05) is 0 Å². The van der Waals surface area contributed by atoms with Crippen molar-refractivity contribution in [3.05, 3.63) is 35.9 Å². The smallest absolute Gasteiger partial charge is 0.0625 e. The Labute approximate surface area is 97.5 Å². The summed E-state index contributed by atoms with van der Waals surface area (Å²) in [4.78, 5) is 2.47. The molecule has 84 valence electrons. The van der Waals surface area contributed by atoms with Gasteiger partial charge in [-0.05, 0) is 30.9 Å². The van der Waals surface area contributed by atoms with Gasteiger partial charge in [-0.3, -0.25) is 4.90 Å². The molecule has 1 aromatic rings. The maximum atomic E-state index is 8.73. The highest BCUT2D eigenvalue weighted by Crippen LogP contribution is 2.20. The summed E-state index contributed by atoms with van der Waals surface area (Å²) in [6.45, 7) is 3.29. The van der Waals surface area contributed by atoms with Crippen LogP contribution in [0.5, 0.6) is 0 Å². The predicted octanol–water partition coefficient (Wildman–Crippen LogP) is 2.81. The third kappa shape index (κ3) is 3.08. The van der Waals surface area contributed by atoms with Crippen LogP contribution in [0.3, 0.4) is 0 Å². The third-order valence-electron chi connectivity index (χ3n) is 3.23. The van der Waals surface area contributed by atoms with Crippen molar-refractivity contribution in [2.24, 2.45) is 5.92 Å². The Bertz CT molecular complexity index is 353. The van der Waals surface area contributed by atoms with Crippen molar-refractivity contribution < 1.29 is 0 Å². The number of hydrogen-bond donors (Lipinski definition) is 0. The van der Waals surface area contributed by atoms with Gasteiger partial charge in [-0.1, -0.05) is 30.3 Å². The van der Waals surface area contributed by atoms with Crippen molar-refractivity contribution >= 4 is 0 Å². The minimum absolute atomic E-state index is 0.586. The van der Waals surface area contributed by atoms with Gasteiger partial charge >= 0.3 is 0 Å². The van der Waals surface area contributed by atoms with E-state index in [0.29, 0.717) is 12.3 Å². The highest BCUT2D eigenvalue weighted by molar-refractivity contribution is 5.14. The molecule has 0 amide bonds. The zero-order valence-electron chi connectivity index (χ0n) is 9.60. The van der Waals surface area contributed by atoms with Gasteiger partial charge in [0.15, 0.2) is 0 Å². The Morgan fingerprint density at radius 2 is 2.12 bits per heavy atom. The van der Waals surface area contributed by atoms with Gasteiger partial charge in [0, 0.05) is 19.5 Å². The first-order chi connectivity index (χ1) is 7.88. The summed E-state index contributed by atoms with van der Waals surface area (Å²) in [5.41, 5.74) is 1.38. The van der Waals surface area contributed by atoms with Crippen LogP contribution in [-0.4, -0.2) is 18.0 Å². The Hall–Kier alpha value is -1.33. The molecular weight excluding hydrogens is 196 g/mol. The summed E-state index contributed by atoms with van der Waals surface area (Å²) in [7, 11) is 0. The van der Waals surface area contributed by atoms with Gasteiger partial charge in [-0.15, -0.1) is 0 Å². The number of benzene rings is 1. The van der Waals surface area contributed by atoms with E-state index in [0.717, 1.165) is 13.1 Å². The molecule has 1 aliphatic heterocycles. The van der Waals surface area contributed by atoms with E-state index in [1.54, 1.807) is 0 Å². The molecule has 1 fully saturated rings. The van der Waals surface area contributed by atoms with E-state index in [-0.39, 0.29) is 0 Å². The number of piperidine rings is 1. The zero-order valence-corrected chi connectivity index (χ0v) is 9.60. The van der Waals surface area contributed by atoms with Gasteiger partial charge in [0.25, 0.3) is 0 Å². The molecular formula is C14H18N2. The Balaban J connectivity index is 1.88. The lowest BCUT2D eigenvalue weighted by Gasteiger charge is -2.31. The molecule has 1 heterocycles. The SMILES string of the molecule is N#CC[C@@H]1CCCN(Cc2ccccc2)C1. The lowest BCUT2D eigenvalue weighted by atomic mass is 9.95. The lowest BCUT2D eigenvalue weighted by molar-refractivity contribution is 0.169. The fourth-order valence-electron chi connectivity index (χ4n) is 2.43. The van der Waals surface area contributed by atoms with Crippen LogP contribution < -0.4 is 0 Å². The largest absolute Gasteiger partial charge is 0.299 e. The summed E-state index contributed by atoms with van der Waals surface area (Å²) in [5, 5.41) is 8.73. The van der Waals surface area contributed by atoms with E-state index in [9.17, 15) is 0 Å². The maximum Gasteiger partial charge on any atom is 0.0625 e. The molecule has 0 unspecified atom stereocenters. The molecule has 0 N–H and O–H groups in total. The first-order valence-electron chi connectivity index (χ1n) is 6.01. The zero-order chi connectivity index (χ0) is 11.2. The molecule has 0 aliphatic carbocycles. The second-order valence-electron chi connectivity index (χ2n) is 4.59. The summed E-state index contributed by atoms with van der Waals surface area (Å²) >= 11 is 0. The van der Waals surface area contributed by atoms with E-state index in [2.05, 4.69) is 41.3 Å². The van der Waals surface area contributed by atoms with Crippen LogP contribution in [0.25, 0.3) is 0 Å². The van der Waals surface area contributed by atoms with Crippen LogP contribution >= 0.6 is 0 Å². The van der Waals surface area contributed by atoms with Crippen LogP contribution in [0.1, 0.15) is 24.8 Å². The Morgan fingerprint density at radius 1 is 1.31 bits per heavy atom. The lowest BCUT2D eigenvalue weighted by Crippen LogP contribution is -2.34. The fourth-order valence-corrected chi connectivity index (χ4v) is 2.43. The summed E-state index contributed by atoms with van der Waals surface area (Å²) in [6.07, 6.45) is 3.17. The third-order valence-corrected chi connectivity index (χ3v) is 3.23. The first-order valence-corrected chi connectivity index (χ1v) is 6.01. The van der Waals surface area contributed by atoms with Crippen LogP contribution in [0.15, 0.2) is 30.3 Å². The van der Waals surface area contributed by atoms with Gasteiger partial charge < -0.3 is 0 Å². The molecule has 2 rings (SSSR count). The molecule has 1 saturated heterocycles. The van der Waals surface area contributed by atoms with Gasteiger partial charge in [-0.2, -0.15) is 5.26 Å². The topological polar surface area (TPSA) is 27.0 Å².